The van der Waals surface area contributed by atoms with E-state index in [9.17, 15) is 9.59 Å². The highest BCUT2D eigenvalue weighted by Crippen LogP contribution is 2.16. The number of hydrogen-bond acceptors (Lipinski definition) is 6. The van der Waals surface area contributed by atoms with Crippen LogP contribution in [0.5, 0.6) is 0 Å². The minimum Gasteiger partial charge on any atom is -0.376 e. The number of hydrogen-bond donors (Lipinski definition) is 2. The van der Waals surface area contributed by atoms with Crippen LogP contribution in [-0.4, -0.2) is 50.7 Å². The van der Waals surface area contributed by atoms with Crippen LogP contribution in [0.3, 0.4) is 0 Å². The number of benzene rings is 1. The van der Waals surface area contributed by atoms with Crippen molar-refractivity contribution in [3.63, 3.8) is 0 Å². The van der Waals surface area contributed by atoms with Gasteiger partial charge in [0.1, 0.15) is 5.39 Å². The van der Waals surface area contributed by atoms with Crippen molar-refractivity contribution in [3.8, 4) is 0 Å². The quantitative estimate of drug-likeness (QED) is 0.462. The van der Waals surface area contributed by atoms with Gasteiger partial charge in [0, 0.05) is 13.2 Å². The van der Waals surface area contributed by atoms with Crippen LogP contribution in [0.2, 0.25) is 0 Å². The number of nitrogens with zero attached hydrogens (tertiary/aromatic N) is 3. The largest absolute Gasteiger partial charge is 0.376 e. The van der Waals surface area contributed by atoms with E-state index in [0.29, 0.717) is 29.3 Å². The zero-order chi connectivity index (χ0) is 19.3. The number of ether oxygens (including phenoxy) is 1. The maximum Gasteiger partial charge on any atom is 0.262 e. The predicted octanol–water partition coefficient (Wildman–Crippen LogP) is 1.56. The van der Waals surface area contributed by atoms with Gasteiger partial charge in [0.15, 0.2) is 10.8 Å². The fraction of sp³-hybridized carbons (Fsp3) is 0.368. The number of thioether (sulfide) groups is 1. The van der Waals surface area contributed by atoms with Gasteiger partial charge in [-0.25, -0.2) is 9.67 Å². The molecule has 9 heteroatoms. The standard InChI is InChI=1S/C19H21N5O3S/c25-16(20-9-14-7-4-8-27-14)12-28-19-22-17-15(18(26)23-19)10-21-24(17)11-13-5-2-1-3-6-13/h1-3,5-6,10,14H,4,7-9,11-12H2,(H,20,25)(H,22,23,26)/t14-/m0/s1. The molecule has 2 aromatic heterocycles. The van der Waals surface area contributed by atoms with Gasteiger partial charge in [0.2, 0.25) is 5.91 Å². The molecule has 1 aromatic carbocycles. The Morgan fingerprint density at radius 1 is 1.36 bits per heavy atom. The Morgan fingerprint density at radius 2 is 2.21 bits per heavy atom. The molecule has 0 radical (unpaired) electrons. The van der Waals surface area contributed by atoms with Crippen molar-refractivity contribution in [2.45, 2.75) is 30.6 Å². The van der Waals surface area contributed by atoms with Crippen molar-refractivity contribution in [1.29, 1.82) is 0 Å². The Hall–Kier alpha value is -2.65. The first kappa shape index (κ1) is 18.7. The van der Waals surface area contributed by atoms with E-state index in [2.05, 4.69) is 20.4 Å². The van der Waals surface area contributed by atoms with Gasteiger partial charge in [-0.1, -0.05) is 42.1 Å². The predicted molar refractivity (Wildman–Crippen MR) is 106 cm³/mol. The third kappa shape index (κ3) is 4.42. The van der Waals surface area contributed by atoms with Crippen LogP contribution < -0.4 is 10.9 Å². The summed E-state index contributed by atoms with van der Waals surface area (Å²) in [5.41, 5.74) is 1.32. The van der Waals surface area contributed by atoms with Crippen LogP contribution in [-0.2, 0) is 16.1 Å². The summed E-state index contributed by atoms with van der Waals surface area (Å²) in [6, 6.07) is 9.85. The van der Waals surface area contributed by atoms with Crippen LogP contribution in [0.15, 0.2) is 46.5 Å². The second kappa shape index (κ2) is 8.57. The molecule has 3 heterocycles. The maximum atomic E-state index is 12.3. The minimum absolute atomic E-state index is 0.107. The SMILES string of the molecule is O=C(CSc1nc2c(cnn2Cc2ccccc2)c(=O)[nH]1)NC[C@@H]1CCCO1. The molecule has 0 saturated carbocycles. The highest BCUT2D eigenvalue weighted by atomic mass is 32.2. The first-order valence-corrected chi connectivity index (χ1v) is 10.2. The fourth-order valence-electron chi connectivity index (χ4n) is 3.10. The monoisotopic (exact) mass is 399 g/mol. The van der Waals surface area contributed by atoms with Crippen LogP contribution >= 0.6 is 11.8 Å². The van der Waals surface area contributed by atoms with Crippen LogP contribution in [0, 0.1) is 0 Å². The van der Waals surface area contributed by atoms with Crippen molar-refractivity contribution < 1.29 is 9.53 Å². The summed E-state index contributed by atoms with van der Waals surface area (Å²) >= 11 is 1.20. The fourth-order valence-corrected chi connectivity index (χ4v) is 3.79. The summed E-state index contributed by atoms with van der Waals surface area (Å²) in [6.45, 7) is 1.80. The molecule has 1 atom stereocenters. The van der Waals surface area contributed by atoms with Crippen molar-refractivity contribution in [1.82, 2.24) is 25.1 Å². The molecule has 146 valence electrons. The van der Waals surface area contributed by atoms with Crippen LogP contribution in [0.4, 0.5) is 0 Å². The van der Waals surface area contributed by atoms with Gasteiger partial charge in [0.05, 0.1) is 24.6 Å². The number of fused-ring (bicyclic) bond motifs is 1. The molecule has 0 spiro atoms. The van der Waals surface area contributed by atoms with E-state index in [1.165, 1.54) is 18.0 Å². The maximum absolute atomic E-state index is 12.3. The Bertz CT molecular complexity index is 1010. The Balaban J connectivity index is 1.43. The molecular formula is C19H21N5O3S. The van der Waals surface area contributed by atoms with E-state index < -0.39 is 0 Å². The summed E-state index contributed by atoms with van der Waals surface area (Å²) in [5, 5.41) is 7.99. The molecule has 1 saturated heterocycles. The van der Waals surface area contributed by atoms with Gasteiger partial charge in [-0.3, -0.25) is 9.59 Å². The average molecular weight is 399 g/mol. The summed E-state index contributed by atoms with van der Waals surface area (Å²) in [7, 11) is 0. The van der Waals surface area contributed by atoms with Gasteiger partial charge in [-0.2, -0.15) is 5.10 Å². The molecule has 0 unspecified atom stereocenters. The van der Waals surface area contributed by atoms with Crippen molar-refractivity contribution >= 4 is 28.7 Å². The Labute approximate surface area is 165 Å². The van der Waals surface area contributed by atoms with Gasteiger partial charge < -0.3 is 15.0 Å². The third-order valence-electron chi connectivity index (χ3n) is 4.55. The lowest BCUT2D eigenvalue weighted by molar-refractivity contribution is -0.119. The Morgan fingerprint density at radius 3 is 3.00 bits per heavy atom. The number of aromatic amines is 1. The number of nitrogens with one attached hydrogen (secondary N) is 2. The van der Waals surface area contributed by atoms with Crippen molar-refractivity contribution in [2.75, 3.05) is 18.9 Å². The lowest BCUT2D eigenvalue weighted by atomic mass is 10.2. The summed E-state index contributed by atoms with van der Waals surface area (Å²) in [6.07, 6.45) is 3.64. The zero-order valence-electron chi connectivity index (χ0n) is 15.3. The van der Waals surface area contributed by atoms with E-state index in [1.807, 2.05) is 30.3 Å². The second-order valence-electron chi connectivity index (χ2n) is 6.62. The minimum atomic E-state index is -0.258. The first-order valence-electron chi connectivity index (χ1n) is 9.20. The van der Waals surface area contributed by atoms with Gasteiger partial charge >= 0.3 is 0 Å². The molecule has 4 rings (SSSR count). The number of H-pyrrole nitrogens is 1. The molecule has 1 aliphatic heterocycles. The summed E-state index contributed by atoms with van der Waals surface area (Å²) in [5.74, 6) is 0.0644. The highest BCUT2D eigenvalue weighted by Gasteiger charge is 2.17. The molecule has 1 fully saturated rings. The molecule has 8 nitrogen and oxygen atoms in total. The van der Waals surface area contributed by atoms with E-state index >= 15 is 0 Å². The van der Waals surface area contributed by atoms with Crippen LogP contribution in [0.1, 0.15) is 18.4 Å². The normalized spacial score (nSPS) is 16.5. The lowest BCUT2D eigenvalue weighted by Crippen LogP contribution is -2.33. The number of carbonyl (C=O) groups is 1. The molecule has 1 amide bonds. The topological polar surface area (TPSA) is 102 Å². The van der Waals surface area contributed by atoms with E-state index in [4.69, 9.17) is 4.74 Å². The molecule has 0 bridgehead atoms. The van der Waals surface area contributed by atoms with Gasteiger partial charge in [-0.05, 0) is 18.4 Å². The highest BCUT2D eigenvalue weighted by molar-refractivity contribution is 7.99. The second-order valence-corrected chi connectivity index (χ2v) is 7.59. The van der Waals surface area contributed by atoms with E-state index in [1.54, 1.807) is 4.68 Å². The molecule has 0 aliphatic carbocycles. The number of rotatable bonds is 7. The zero-order valence-corrected chi connectivity index (χ0v) is 16.1. The first-order chi connectivity index (χ1) is 13.7. The molecule has 3 aromatic rings. The molecular weight excluding hydrogens is 378 g/mol. The van der Waals surface area contributed by atoms with E-state index in [-0.39, 0.29) is 23.3 Å². The van der Waals surface area contributed by atoms with Crippen molar-refractivity contribution in [2.24, 2.45) is 0 Å². The third-order valence-corrected chi connectivity index (χ3v) is 5.42. The molecule has 28 heavy (non-hydrogen) atoms. The Kier molecular flexibility index (Phi) is 5.73. The summed E-state index contributed by atoms with van der Waals surface area (Å²) in [4.78, 5) is 31.6. The summed E-state index contributed by atoms with van der Waals surface area (Å²) < 4.78 is 7.19. The number of amides is 1. The smallest absolute Gasteiger partial charge is 0.262 e. The number of aromatic nitrogens is 4. The van der Waals surface area contributed by atoms with Crippen molar-refractivity contribution in [3.05, 3.63) is 52.4 Å². The van der Waals surface area contributed by atoms with Crippen LogP contribution in [0.25, 0.3) is 11.0 Å². The van der Waals surface area contributed by atoms with E-state index in [0.717, 1.165) is 25.0 Å². The average Bonchev–Trinajstić information content (AvgIpc) is 3.36. The molecule has 1 aliphatic rings. The van der Waals surface area contributed by atoms with Gasteiger partial charge in [-0.15, -0.1) is 0 Å². The lowest BCUT2D eigenvalue weighted by Gasteiger charge is -2.10. The molecule has 2 N–H and O–H groups in total. The van der Waals surface area contributed by atoms with Gasteiger partial charge in [0.25, 0.3) is 5.56 Å². The number of carbonyl (C=O) groups excluding carboxylic acids is 1.